The standard InChI is InChI=1S/C20H19N5O2/c1-4-17(26)23-14-7-5-6-12(10-14)13-8-9-16-15(11-13)18(21-2)25-19(24-16)20(27)22-3/h4-11H,1H2,2-3H3,(H,22,27)(H,23,26)(H,21,24,25). The molecule has 7 heteroatoms. The zero-order valence-corrected chi connectivity index (χ0v) is 15.0. The molecule has 2 aromatic carbocycles. The lowest BCUT2D eigenvalue weighted by Gasteiger charge is -2.10. The minimum Gasteiger partial charge on any atom is -0.373 e. The molecule has 0 fully saturated rings. The summed E-state index contributed by atoms with van der Waals surface area (Å²) in [5.74, 6) is 0.0641. The fourth-order valence-corrected chi connectivity index (χ4v) is 2.68. The first-order valence-corrected chi connectivity index (χ1v) is 8.31. The number of hydrogen-bond donors (Lipinski definition) is 3. The maximum absolute atomic E-state index is 11.9. The monoisotopic (exact) mass is 361 g/mol. The van der Waals surface area contributed by atoms with Crippen LogP contribution in [0, 0.1) is 0 Å². The Bertz CT molecular complexity index is 1050. The van der Waals surface area contributed by atoms with Gasteiger partial charge in [0, 0.05) is 25.2 Å². The normalized spacial score (nSPS) is 10.3. The van der Waals surface area contributed by atoms with Gasteiger partial charge >= 0.3 is 0 Å². The second-order valence-corrected chi connectivity index (χ2v) is 5.73. The number of anilines is 2. The SMILES string of the molecule is C=CC(=O)Nc1cccc(-c2ccc3nc(C(=O)NC)nc(NC)c3c2)c1. The van der Waals surface area contributed by atoms with Crippen molar-refractivity contribution in [2.24, 2.45) is 0 Å². The van der Waals surface area contributed by atoms with E-state index in [1.807, 2.05) is 42.5 Å². The topological polar surface area (TPSA) is 96.0 Å². The van der Waals surface area contributed by atoms with Crippen molar-refractivity contribution in [2.75, 3.05) is 24.7 Å². The molecule has 0 saturated carbocycles. The van der Waals surface area contributed by atoms with E-state index in [9.17, 15) is 9.59 Å². The van der Waals surface area contributed by atoms with Gasteiger partial charge in [0.1, 0.15) is 5.82 Å². The Morgan fingerprint density at radius 1 is 1.04 bits per heavy atom. The van der Waals surface area contributed by atoms with Crippen LogP contribution >= 0.6 is 0 Å². The summed E-state index contributed by atoms with van der Waals surface area (Å²) >= 11 is 0. The molecule has 0 saturated heterocycles. The van der Waals surface area contributed by atoms with Crippen molar-refractivity contribution in [1.82, 2.24) is 15.3 Å². The highest BCUT2D eigenvalue weighted by Crippen LogP contribution is 2.28. The first-order valence-electron chi connectivity index (χ1n) is 8.31. The van der Waals surface area contributed by atoms with Crippen LogP contribution in [0.25, 0.3) is 22.0 Å². The van der Waals surface area contributed by atoms with Crippen molar-refractivity contribution in [1.29, 1.82) is 0 Å². The number of amides is 2. The highest BCUT2D eigenvalue weighted by atomic mass is 16.2. The van der Waals surface area contributed by atoms with Crippen LogP contribution in [0.15, 0.2) is 55.1 Å². The Morgan fingerprint density at radius 2 is 1.81 bits per heavy atom. The van der Waals surface area contributed by atoms with Crippen molar-refractivity contribution in [2.45, 2.75) is 0 Å². The van der Waals surface area contributed by atoms with Gasteiger partial charge in [-0.05, 0) is 41.5 Å². The molecule has 3 aromatic rings. The Kier molecular flexibility index (Phi) is 5.12. The van der Waals surface area contributed by atoms with E-state index < -0.39 is 0 Å². The van der Waals surface area contributed by atoms with Gasteiger partial charge < -0.3 is 16.0 Å². The number of carbonyl (C=O) groups excluding carboxylic acids is 2. The third-order valence-electron chi connectivity index (χ3n) is 4.01. The van der Waals surface area contributed by atoms with Crippen LogP contribution < -0.4 is 16.0 Å². The highest BCUT2D eigenvalue weighted by molar-refractivity contribution is 6.00. The van der Waals surface area contributed by atoms with Gasteiger partial charge in [0.15, 0.2) is 0 Å². The van der Waals surface area contributed by atoms with Gasteiger partial charge in [-0.25, -0.2) is 9.97 Å². The number of aromatic nitrogens is 2. The smallest absolute Gasteiger partial charge is 0.288 e. The molecule has 1 heterocycles. The van der Waals surface area contributed by atoms with E-state index >= 15 is 0 Å². The summed E-state index contributed by atoms with van der Waals surface area (Å²) in [6.07, 6.45) is 1.23. The molecule has 0 radical (unpaired) electrons. The summed E-state index contributed by atoms with van der Waals surface area (Å²) < 4.78 is 0. The van der Waals surface area contributed by atoms with Crippen molar-refractivity contribution in [3.8, 4) is 11.1 Å². The number of nitrogens with zero attached hydrogens (tertiary/aromatic N) is 2. The van der Waals surface area contributed by atoms with E-state index in [0.29, 0.717) is 17.0 Å². The number of fused-ring (bicyclic) bond motifs is 1. The summed E-state index contributed by atoms with van der Waals surface area (Å²) in [5.41, 5.74) is 3.20. The fraction of sp³-hybridized carbons (Fsp3) is 0.100. The van der Waals surface area contributed by atoms with Crippen LogP contribution in [-0.4, -0.2) is 35.9 Å². The van der Waals surface area contributed by atoms with Crippen molar-refractivity contribution in [3.05, 3.63) is 60.9 Å². The molecule has 27 heavy (non-hydrogen) atoms. The van der Waals surface area contributed by atoms with E-state index in [4.69, 9.17) is 0 Å². The minimum atomic E-state index is -0.344. The van der Waals surface area contributed by atoms with Crippen LogP contribution in [0.3, 0.4) is 0 Å². The molecule has 2 amide bonds. The Labute approximate surface area is 156 Å². The molecule has 0 bridgehead atoms. The average Bonchev–Trinajstić information content (AvgIpc) is 2.71. The molecule has 0 atom stereocenters. The number of benzene rings is 2. The van der Waals surface area contributed by atoms with E-state index in [1.54, 1.807) is 7.05 Å². The molecule has 7 nitrogen and oxygen atoms in total. The van der Waals surface area contributed by atoms with E-state index in [2.05, 4.69) is 32.5 Å². The van der Waals surface area contributed by atoms with Crippen molar-refractivity contribution >= 4 is 34.2 Å². The molecule has 0 spiro atoms. The summed E-state index contributed by atoms with van der Waals surface area (Å²) in [5, 5.41) is 9.09. The molecule has 3 rings (SSSR count). The summed E-state index contributed by atoms with van der Waals surface area (Å²) in [6.45, 7) is 3.45. The number of carbonyl (C=O) groups is 2. The van der Waals surface area contributed by atoms with Crippen LogP contribution in [0.2, 0.25) is 0 Å². The predicted molar refractivity (Wildman–Crippen MR) is 107 cm³/mol. The molecule has 0 aliphatic heterocycles. The Morgan fingerprint density at radius 3 is 2.52 bits per heavy atom. The molecule has 1 aromatic heterocycles. The van der Waals surface area contributed by atoms with E-state index in [1.165, 1.54) is 13.1 Å². The molecule has 3 N–H and O–H groups in total. The Balaban J connectivity index is 2.06. The zero-order valence-electron chi connectivity index (χ0n) is 15.0. The lowest BCUT2D eigenvalue weighted by atomic mass is 10.0. The van der Waals surface area contributed by atoms with Gasteiger partial charge in [-0.15, -0.1) is 0 Å². The first-order chi connectivity index (χ1) is 13.0. The molecular formula is C20H19N5O2. The van der Waals surface area contributed by atoms with Gasteiger partial charge in [0.2, 0.25) is 11.7 Å². The molecule has 0 aliphatic rings. The lowest BCUT2D eigenvalue weighted by Crippen LogP contribution is -2.21. The second kappa shape index (κ2) is 7.65. The van der Waals surface area contributed by atoms with Gasteiger partial charge in [-0.3, -0.25) is 9.59 Å². The van der Waals surface area contributed by atoms with Crippen LogP contribution in [0.4, 0.5) is 11.5 Å². The number of hydrogen-bond acceptors (Lipinski definition) is 5. The van der Waals surface area contributed by atoms with Gasteiger partial charge in [-0.1, -0.05) is 24.8 Å². The summed E-state index contributed by atoms with van der Waals surface area (Å²) in [4.78, 5) is 32.0. The lowest BCUT2D eigenvalue weighted by molar-refractivity contribution is -0.111. The van der Waals surface area contributed by atoms with Gasteiger partial charge in [0.05, 0.1) is 5.52 Å². The molecule has 0 aliphatic carbocycles. The van der Waals surface area contributed by atoms with Crippen LogP contribution in [0.1, 0.15) is 10.6 Å². The Hall–Kier alpha value is -3.74. The van der Waals surface area contributed by atoms with Crippen molar-refractivity contribution in [3.63, 3.8) is 0 Å². The second-order valence-electron chi connectivity index (χ2n) is 5.73. The van der Waals surface area contributed by atoms with E-state index in [0.717, 1.165) is 16.5 Å². The van der Waals surface area contributed by atoms with E-state index in [-0.39, 0.29) is 17.6 Å². The summed E-state index contributed by atoms with van der Waals surface area (Å²) in [6, 6.07) is 13.2. The third kappa shape index (κ3) is 3.77. The fourth-order valence-electron chi connectivity index (χ4n) is 2.68. The molecule has 0 unspecified atom stereocenters. The van der Waals surface area contributed by atoms with Gasteiger partial charge in [0.25, 0.3) is 5.91 Å². The summed E-state index contributed by atoms with van der Waals surface area (Å²) in [7, 11) is 3.28. The van der Waals surface area contributed by atoms with Crippen molar-refractivity contribution < 1.29 is 9.59 Å². The third-order valence-corrected chi connectivity index (χ3v) is 4.01. The maximum Gasteiger partial charge on any atom is 0.288 e. The predicted octanol–water partition coefficient (Wildman–Crippen LogP) is 2.82. The number of rotatable bonds is 5. The molecular weight excluding hydrogens is 342 g/mol. The van der Waals surface area contributed by atoms with Crippen LogP contribution in [0.5, 0.6) is 0 Å². The quantitative estimate of drug-likeness (QED) is 0.607. The van der Waals surface area contributed by atoms with Crippen LogP contribution in [-0.2, 0) is 4.79 Å². The van der Waals surface area contributed by atoms with Gasteiger partial charge in [-0.2, -0.15) is 0 Å². The average molecular weight is 361 g/mol. The maximum atomic E-state index is 11.9. The minimum absolute atomic E-state index is 0.108. The molecule has 136 valence electrons. The highest BCUT2D eigenvalue weighted by Gasteiger charge is 2.13. The zero-order chi connectivity index (χ0) is 19.4. The first kappa shape index (κ1) is 18.1. The number of nitrogens with one attached hydrogen (secondary N) is 3. The largest absolute Gasteiger partial charge is 0.373 e.